The topological polar surface area (TPSA) is 95.4 Å². The van der Waals surface area contributed by atoms with Crippen molar-refractivity contribution in [1.82, 2.24) is 20.2 Å². The van der Waals surface area contributed by atoms with Gasteiger partial charge in [-0.3, -0.25) is 0 Å². The standard InChI is InChI=1S/C13H18N4O3/c1-9-14-6-4-10(16-9)8-15-12(20)17-7-3-5-13(17,2)11(18)19/h4,6H,3,5,7-8H2,1-2H3,(H,15,20)(H,18,19). The molecule has 0 spiro atoms. The molecule has 108 valence electrons. The molecule has 2 heterocycles. The molecule has 2 N–H and O–H groups in total. The molecule has 1 aliphatic rings. The molecule has 1 aromatic rings. The highest BCUT2D eigenvalue weighted by Crippen LogP contribution is 2.29. The lowest BCUT2D eigenvalue weighted by molar-refractivity contribution is -0.147. The van der Waals surface area contributed by atoms with Crippen LogP contribution in [-0.4, -0.2) is 44.1 Å². The van der Waals surface area contributed by atoms with Crippen LogP contribution < -0.4 is 5.32 Å². The zero-order valence-electron chi connectivity index (χ0n) is 11.6. The molecule has 1 saturated heterocycles. The fourth-order valence-electron chi connectivity index (χ4n) is 2.38. The lowest BCUT2D eigenvalue weighted by Gasteiger charge is -2.31. The molecule has 1 fully saturated rings. The first-order chi connectivity index (χ1) is 9.43. The van der Waals surface area contributed by atoms with E-state index in [1.54, 1.807) is 26.1 Å². The summed E-state index contributed by atoms with van der Waals surface area (Å²) in [5.74, 6) is -0.337. The number of carbonyl (C=O) groups is 2. The van der Waals surface area contributed by atoms with Crippen LogP contribution in [0.1, 0.15) is 31.3 Å². The van der Waals surface area contributed by atoms with Crippen molar-refractivity contribution in [3.8, 4) is 0 Å². The van der Waals surface area contributed by atoms with E-state index in [2.05, 4.69) is 15.3 Å². The number of rotatable bonds is 3. The summed E-state index contributed by atoms with van der Waals surface area (Å²) < 4.78 is 0. The fourth-order valence-corrected chi connectivity index (χ4v) is 2.38. The van der Waals surface area contributed by atoms with Crippen molar-refractivity contribution in [2.75, 3.05) is 6.54 Å². The highest BCUT2D eigenvalue weighted by atomic mass is 16.4. The molecule has 2 amide bonds. The van der Waals surface area contributed by atoms with Gasteiger partial charge >= 0.3 is 12.0 Å². The molecule has 7 heteroatoms. The second-order valence-electron chi connectivity index (χ2n) is 5.09. The number of carboxylic acid groups (broad SMARTS) is 1. The largest absolute Gasteiger partial charge is 0.480 e. The van der Waals surface area contributed by atoms with Gasteiger partial charge in [0, 0.05) is 12.7 Å². The van der Waals surface area contributed by atoms with E-state index in [1.165, 1.54) is 4.90 Å². The van der Waals surface area contributed by atoms with E-state index in [0.717, 1.165) is 0 Å². The predicted molar refractivity (Wildman–Crippen MR) is 71.0 cm³/mol. The molecule has 0 saturated carbocycles. The number of hydrogen-bond donors (Lipinski definition) is 2. The van der Waals surface area contributed by atoms with E-state index in [1.807, 2.05) is 0 Å². The molecule has 0 aromatic carbocycles. The Morgan fingerprint density at radius 2 is 2.30 bits per heavy atom. The Morgan fingerprint density at radius 1 is 1.55 bits per heavy atom. The average molecular weight is 278 g/mol. The monoisotopic (exact) mass is 278 g/mol. The number of carboxylic acids is 1. The number of likely N-dealkylation sites (tertiary alicyclic amines) is 1. The van der Waals surface area contributed by atoms with E-state index in [0.29, 0.717) is 30.9 Å². The zero-order valence-corrected chi connectivity index (χ0v) is 11.6. The minimum Gasteiger partial charge on any atom is -0.480 e. The van der Waals surface area contributed by atoms with E-state index < -0.39 is 11.5 Å². The summed E-state index contributed by atoms with van der Waals surface area (Å²) in [7, 11) is 0. The van der Waals surface area contributed by atoms with Gasteiger partial charge in [0.2, 0.25) is 0 Å². The average Bonchev–Trinajstić information content (AvgIpc) is 2.80. The maximum absolute atomic E-state index is 12.1. The number of carbonyl (C=O) groups excluding carboxylic acids is 1. The van der Waals surface area contributed by atoms with Crippen LogP contribution in [0.5, 0.6) is 0 Å². The number of amides is 2. The van der Waals surface area contributed by atoms with Crippen LogP contribution in [0.2, 0.25) is 0 Å². The summed E-state index contributed by atoms with van der Waals surface area (Å²) >= 11 is 0. The van der Waals surface area contributed by atoms with Crippen LogP contribution in [0.15, 0.2) is 12.3 Å². The van der Waals surface area contributed by atoms with Gasteiger partial charge in [-0.25, -0.2) is 19.6 Å². The van der Waals surface area contributed by atoms with Gasteiger partial charge in [-0.2, -0.15) is 0 Å². The normalized spacial score (nSPS) is 21.8. The fraction of sp³-hybridized carbons (Fsp3) is 0.538. The molecule has 0 aliphatic carbocycles. The molecule has 20 heavy (non-hydrogen) atoms. The summed E-state index contributed by atoms with van der Waals surface area (Å²) in [4.78, 5) is 33.0. The number of aryl methyl sites for hydroxylation is 1. The lowest BCUT2D eigenvalue weighted by Crippen LogP contribution is -2.53. The van der Waals surface area contributed by atoms with Gasteiger partial charge < -0.3 is 15.3 Å². The van der Waals surface area contributed by atoms with Crippen molar-refractivity contribution in [1.29, 1.82) is 0 Å². The van der Waals surface area contributed by atoms with Gasteiger partial charge in [0.25, 0.3) is 0 Å². The van der Waals surface area contributed by atoms with Gasteiger partial charge in [-0.15, -0.1) is 0 Å². The molecule has 1 aliphatic heterocycles. The van der Waals surface area contributed by atoms with Crippen molar-refractivity contribution in [2.45, 2.75) is 38.8 Å². The van der Waals surface area contributed by atoms with Gasteiger partial charge in [-0.1, -0.05) is 0 Å². The van der Waals surface area contributed by atoms with Gasteiger partial charge in [-0.05, 0) is 32.8 Å². The van der Waals surface area contributed by atoms with Crippen LogP contribution in [0.25, 0.3) is 0 Å². The first-order valence-electron chi connectivity index (χ1n) is 6.51. The first-order valence-corrected chi connectivity index (χ1v) is 6.51. The number of aromatic nitrogens is 2. The van der Waals surface area contributed by atoms with Crippen molar-refractivity contribution >= 4 is 12.0 Å². The minimum absolute atomic E-state index is 0.258. The zero-order chi connectivity index (χ0) is 14.8. The maximum Gasteiger partial charge on any atom is 0.329 e. The van der Waals surface area contributed by atoms with Crippen LogP contribution in [0, 0.1) is 6.92 Å². The highest BCUT2D eigenvalue weighted by molar-refractivity contribution is 5.86. The minimum atomic E-state index is -1.12. The van der Waals surface area contributed by atoms with Crippen LogP contribution >= 0.6 is 0 Å². The second-order valence-corrected chi connectivity index (χ2v) is 5.09. The van der Waals surface area contributed by atoms with Crippen molar-refractivity contribution in [2.24, 2.45) is 0 Å². The Hall–Kier alpha value is -2.18. The number of hydrogen-bond acceptors (Lipinski definition) is 4. The van der Waals surface area contributed by atoms with E-state index in [-0.39, 0.29) is 12.6 Å². The van der Waals surface area contributed by atoms with Gasteiger partial charge in [0.05, 0.1) is 12.2 Å². The van der Waals surface area contributed by atoms with Gasteiger partial charge in [0.15, 0.2) is 0 Å². The summed E-state index contributed by atoms with van der Waals surface area (Å²) in [6.45, 7) is 4.07. The molecular weight excluding hydrogens is 260 g/mol. The molecule has 1 unspecified atom stereocenters. The molecule has 2 rings (SSSR count). The van der Waals surface area contributed by atoms with E-state index in [4.69, 9.17) is 0 Å². The Labute approximate surface area is 117 Å². The van der Waals surface area contributed by atoms with E-state index >= 15 is 0 Å². The molecule has 0 bridgehead atoms. The smallest absolute Gasteiger partial charge is 0.329 e. The van der Waals surface area contributed by atoms with Crippen molar-refractivity contribution in [3.63, 3.8) is 0 Å². The number of aliphatic carboxylic acids is 1. The third kappa shape index (κ3) is 2.71. The van der Waals surface area contributed by atoms with E-state index in [9.17, 15) is 14.7 Å². The molecule has 1 atom stereocenters. The first kappa shape index (κ1) is 14.2. The summed E-state index contributed by atoms with van der Waals surface area (Å²) in [5, 5.41) is 12.0. The Kier molecular flexibility index (Phi) is 3.87. The Morgan fingerprint density at radius 3 is 2.95 bits per heavy atom. The molecule has 1 aromatic heterocycles. The SMILES string of the molecule is Cc1nccc(CNC(=O)N2CCCC2(C)C(=O)O)n1. The lowest BCUT2D eigenvalue weighted by atomic mass is 10.00. The quantitative estimate of drug-likeness (QED) is 0.857. The third-order valence-electron chi connectivity index (χ3n) is 3.60. The van der Waals surface area contributed by atoms with Crippen molar-refractivity contribution < 1.29 is 14.7 Å². The second kappa shape index (κ2) is 5.44. The number of urea groups is 1. The van der Waals surface area contributed by atoms with Crippen LogP contribution in [-0.2, 0) is 11.3 Å². The number of nitrogens with zero attached hydrogens (tertiary/aromatic N) is 3. The van der Waals surface area contributed by atoms with Crippen LogP contribution in [0.3, 0.4) is 0 Å². The summed E-state index contributed by atoms with van der Waals surface area (Å²) in [5.41, 5.74) is -0.423. The van der Waals surface area contributed by atoms with Crippen LogP contribution in [0.4, 0.5) is 4.79 Å². The molecule has 0 radical (unpaired) electrons. The highest BCUT2D eigenvalue weighted by Gasteiger charge is 2.45. The number of nitrogens with one attached hydrogen (secondary N) is 1. The third-order valence-corrected chi connectivity index (χ3v) is 3.60. The predicted octanol–water partition coefficient (Wildman–Crippen LogP) is 0.934. The Bertz CT molecular complexity index is 534. The molecular formula is C13H18N4O3. The summed E-state index contributed by atoms with van der Waals surface area (Å²) in [6.07, 6.45) is 2.80. The maximum atomic E-state index is 12.1. The molecule has 7 nitrogen and oxygen atoms in total. The Balaban J connectivity index is 2.00. The van der Waals surface area contributed by atoms with Gasteiger partial charge in [0.1, 0.15) is 11.4 Å². The van der Waals surface area contributed by atoms with Crippen molar-refractivity contribution in [3.05, 3.63) is 23.8 Å². The summed E-state index contributed by atoms with van der Waals surface area (Å²) in [6, 6.07) is 1.34.